The SMILES string of the molecule is CC[C@@H](c1nnnn1Cc1ccc(F)cc1)N1CCN(c2cc(C)ccc2C)CC1. The molecule has 4 rings (SSSR count). The summed E-state index contributed by atoms with van der Waals surface area (Å²) in [5.74, 6) is 0.644. The Kier molecular flexibility index (Phi) is 6.08. The van der Waals surface area contributed by atoms with Crippen molar-refractivity contribution in [2.75, 3.05) is 31.1 Å². The molecule has 2 aromatic carbocycles. The lowest BCUT2D eigenvalue weighted by atomic mass is 10.1. The van der Waals surface area contributed by atoms with Crippen molar-refractivity contribution in [3.05, 3.63) is 70.8 Å². The minimum absolute atomic E-state index is 0.168. The summed E-state index contributed by atoms with van der Waals surface area (Å²) in [7, 11) is 0. The van der Waals surface area contributed by atoms with Crippen molar-refractivity contribution < 1.29 is 4.39 Å². The molecule has 6 nitrogen and oxygen atoms in total. The van der Waals surface area contributed by atoms with Gasteiger partial charge < -0.3 is 4.90 Å². The maximum Gasteiger partial charge on any atom is 0.168 e. The van der Waals surface area contributed by atoms with Crippen molar-refractivity contribution in [3.63, 3.8) is 0 Å². The average molecular weight is 409 g/mol. The summed E-state index contributed by atoms with van der Waals surface area (Å²) in [6, 6.07) is 13.3. The molecule has 0 spiro atoms. The molecule has 0 saturated carbocycles. The van der Waals surface area contributed by atoms with Gasteiger partial charge in [0.15, 0.2) is 5.82 Å². The summed E-state index contributed by atoms with van der Waals surface area (Å²) in [5.41, 5.74) is 4.94. The monoisotopic (exact) mass is 408 g/mol. The van der Waals surface area contributed by atoms with Gasteiger partial charge in [-0.25, -0.2) is 9.07 Å². The highest BCUT2D eigenvalue weighted by Crippen LogP contribution is 2.27. The molecule has 0 bridgehead atoms. The number of halogens is 1. The van der Waals surface area contributed by atoms with Crippen LogP contribution in [0.15, 0.2) is 42.5 Å². The number of benzene rings is 2. The minimum Gasteiger partial charge on any atom is -0.369 e. The normalized spacial score (nSPS) is 16.1. The largest absolute Gasteiger partial charge is 0.369 e. The predicted molar refractivity (Wildman–Crippen MR) is 116 cm³/mol. The Bertz CT molecular complexity index is 976. The number of hydrogen-bond acceptors (Lipinski definition) is 5. The molecule has 1 aliphatic heterocycles. The average Bonchev–Trinajstić information content (AvgIpc) is 3.20. The van der Waals surface area contributed by atoms with Crippen molar-refractivity contribution >= 4 is 5.69 Å². The first-order chi connectivity index (χ1) is 14.5. The van der Waals surface area contributed by atoms with Crippen LogP contribution in [0, 0.1) is 19.7 Å². The topological polar surface area (TPSA) is 50.1 Å². The fourth-order valence-corrected chi connectivity index (χ4v) is 4.26. The highest BCUT2D eigenvalue weighted by molar-refractivity contribution is 5.55. The summed E-state index contributed by atoms with van der Waals surface area (Å²) in [4.78, 5) is 4.96. The van der Waals surface area contributed by atoms with Crippen LogP contribution in [0.1, 0.15) is 41.9 Å². The van der Waals surface area contributed by atoms with E-state index in [9.17, 15) is 4.39 Å². The Morgan fingerprint density at radius 3 is 2.43 bits per heavy atom. The van der Waals surface area contributed by atoms with Crippen LogP contribution in [-0.4, -0.2) is 51.3 Å². The maximum absolute atomic E-state index is 13.2. The molecule has 158 valence electrons. The van der Waals surface area contributed by atoms with Crippen molar-refractivity contribution in [1.82, 2.24) is 25.1 Å². The van der Waals surface area contributed by atoms with Gasteiger partial charge in [-0.15, -0.1) is 5.10 Å². The van der Waals surface area contributed by atoms with E-state index in [4.69, 9.17) is 0 Å². The number of piperazine rings is 1. The van der Waals surface area contributed by atoms with E-state index in [0.29, 0.717) is 6.54 Å². The standard InChI is InChI=1S/C23H29FN6/c1-4-21(23-25-26-27-30(23)16-19-7-9-20(24)10-8-19)28-11-13-29(14-12-28)22-15-17(2)5-6-18(22)3/h5-10,15,21H,4,11-14,16H2,1-3H3/t21-/m0/s1. The zero-order valence-electron chi connectivity index (χ0n) is 17.9. The lowest BCUT2D eigenvalue weighted by Gasteiger charge is -2.40. The number of rotatable bonds is 6. The molecular formula is C23H29FN6. The molecule has 0 radical (unpaired) electrons. The van der Waals surface area contributed by atoms with E-state index in [1.165, 1.54) is 28.9 Å². The third kappa shape index (κ3) is 4.36. The van der Waals surface area contributed by atoms with Gasteiger partial charge in [0.25, 0.3) is 0 Å². The number of anilines is 1. The van der Waals surface area contributed by atoms with Gasteiger partial charge in [-0.05, 0) is 65.6 Å². The van der Waals surface area contributed by atoms with Gasteiger partial charge in [-0.2, -0.15) is 0 Å². The second-order valence-corrected chi connectivity index (χ2v) is 8.06. The van der Waals surface area contributed by atoms with Crippen LogP contribution in [0.3, 0.4) is 0 Å². The molecule has 2 heterocycles. The van der Waals surface area contributed by atoms with Crippen LogP contribution < -0.4 is 4.90 Å². The molecule has 0 unspecified atom stereocenters. The zero-order valence-corrected chi connectivity index (χ0v) is 17.9. The van der Waals surface area contributed by atoms with Gasteiger partial charge in [-0.3, -0.25) is 4.90 Å². The lowest BCUT2D eigenvalue weighted by molar-refractivity contribution is 0.169. The third-order valence-electron chi connectivity index (χ3n) is 5.95. The van der Waals surface area contributed by atoms with Gasteiger partial charge in [0.1, 0.15) is 5.82 Å². The van der Waals surface area contributed by atoms with Gasteiger partial charge in [0.05, 0.1) is 12.6 Å². The Hall–Kier alpha value is -2.80. The van der Waals surface area contributed by atoms with Gasteiger partial charge >= 0.3 is 0 Å². The van der Waals surface area contributed by atoms with E-state index in [0.717, 1.165) is 44.0 Å². The molecule has 1 fully saturated rings. The van der Waals surface area contributed by atoms with E-state index in [2.05, 4.69) is 64.3 Å². The third-order valence-corrected chi connectivity index (χ3v) is 5.95. The maximum atomic E-state index is 13.2. The van der Waals surface area contributed by atoms with Crippen LogP contribution in [-0.2, 0) is 6.54 Å². The van der Waals surface area contributed by atoms with Crippen LogP contribution in [0.4, 0.5) is 10.1 Å². The molecule has 1 aliphatic rings. The van der Waals surface area contributed by atoms with Gasteiger partial charge in [0.2, 0.25) is 0 Å². The summed E-state index contributed by atoms with van der Waals surface area (Å²) in [6.07, 6.45) is 0.938. The number of tetrazole rings is 1. The Morgan fingerprint density at radius 2 is 1.73 bits per heavy atom. The van der Waals surface area contributed by atoms with Crippen LogP contribution in [0.25, 0.3) is 0 Å². The molecule has 0 aliphatic carbocycles. The molecule has 7 heteroatoms. The zero-order chi connectivity index (χ0) is 21.1. The van der Waals surface area contributed by atoms with Gasteiger partial charge in [0, 0.05) is 31.9 Å². The number of nitrogens with zero attached hydrogens (tertiary/aromatic N) is 6. The van der Waals surface area contributed by atoms with Crippen molar-refractivity contribution in [3.8, 4) is 0 Å². The molecule has 0 N–H and O–H groups in total. The summed E-state index contributed by atoms with van der Waals surface area (Å²) >= 11 is 0. The first-order valence-corrected chi connectivity index (χ1v) is 10.6. The predicted octanol–water partition coefficient (Wildman–Crippen LogP) is 3.75. The number of aryl methyl sites for hydroxylation is 2. The number of hydrogen-bond donors (Lipinski definition) is 0. The quantitative estimate of drug-likeness (QED) is 0.622. The molecule has 1 saturated heterocycles. The summed E-state index contributed by atoms with van der Waals surface area (Å²) < 4.78 is 15.1. The first-order valence-electron chi connectivity index (χ1n) is 10.6. The summed E-state index contributed by atoms with van der Waals surface area (Å²) in [5, 5.41) is 12.5. The van der Waals surface area contributed by atoms with E-state index in [1.54, 1.807) is 12.1 Å². The van der Waals surface area contributed by atoms with Crippen molar-refractivity contribution in [2.24, 2.45) is 0 Å². The van der Waals surface area contributed by atoms with Crippen molar-refractivity contribution in [1.29, 1.82) is 0 Å². The van der Waals surface area contributed by atoms with Crippen LogP contribution in [0.2, 0.25) is 0 Å². The molecule has 0 amide bonds. The van der Waals surface area contributed by atoms with Crippen molar-refractivity contribution in [2.45, 2.75) is 39.8 Å². The number of aromatic nitrogens is 4. The molecule has 1 atom stereocenters. The van der Waals surface area contributed by atoms with E-state index in [-0.39, 0.29) is 11.9 Å². The molecule has 1 aromatic heterocycles. The fourth-order valence-electron chi connectivity index (χ4n) is 4.26. The highest BCUT2D eigenvalue weighted by atomic mass is 19.1. The molecular weight excluding hydrogens is 379 g/mol. The lowest BCUT2D eigenvalue weighted by Crippen LogP contribution is -2.48. The van der Waals surface area contributed by atoms with Crippen LogP contribution in [0.5, 0.6) is 0 Å². The Morgan fingerprint density at radius 1 is 1.00 bits per heavy atom. The van der Waals surface area contributed by atoms with E-state index >= 15 is 0 Å². The molecule has 30 heavy (non-hydrogen) atoms. The summed E-state index contributed by atoms with van der Waals surface area (Å²) in [6.45, 7) is 11.0. The highest BCUT2D eigenvalue weighted by Gasteiger charge is 2.28. The van der Waals surface area contributed by atoms with E-state index < -0.39 is 0 Å². The van der Waals surface area contributed by atoms with Crippen LogP contribution >= 0.6 is 0 Å². The second kappa shape index (κ2) is 8.92. The Labute approximate surface area is 177 Å². The first kappa shape index (κ1) is 20.5. The van der Waals surface area contributed by atoms with Gasteiger partial charge in [-0.1, -0.05) is 31.2 Å². The van der Waals surface area contributed by atoms with E-state index in [1.807, 2.05) is 4.68 Å². The fraction of sp³-hybridized carbons (Fsp3) is 0.435. The Balaban J connectivity index is 1.46. The second-order valence-electron chi connectivity index (χ2n) is 8.06. The smallest absolute Gasteiger partial charge is 0.168 e. The molecule has 3 aromatic rings. The minimum atomic E-state index is -0.233.